The van der Waals surface area contributed by atoms with E-state index in [0.29, 0.717) is 22.3 Å². The fraction of sp³-hybridized carbons (Fsp3) is 0.0625. The number of nitrogens with zero attached hydrogens (tertiary/aromatic N) is 1. The van der Waals surface area contributed by atoms with Crippen LogP contribution in [0.1, 0.15) is 21.6 Å². The second-order valence-corrected chi connectivity index (χ2v) is 4.48. The predicted octanol–water partition coefficient (Wildman–Crippen LogP) is 3.42. The first-order chi connectivity index (χ1) is 9.20. The van der Waals surface area contributed by atoms with E-state index in [0.717, 1.165) is 10.1 Å². The van der Waals surface area contributed by atoms with Gasteiger partial charge >= 0.3 is 0 Å². The van der Waals surface area contributed by atoms with Crippen molar-refractivity contribution in [1.82, 2.24) is 4.73 Å². The van der Waals surface area contributed by atoms with Crippen LogP contribution in [0.2, 0.25) is 0 Å². The lowest BCUT2D eigenvalue weighted by Gasteiger charge is -2.01. The van der Waals surface area contributed by atoms with Crippen LogP contribution in [0.4, 0.5) is 0 Å². The minimum atomic E-state index is -0.0675. The summed E-state index contributed by atoms with van der Waals surface area (Å²) in [6.45, 7) is 1.75. The molecule has 0 spiro atoms. The van der Waals surface area contributed by atoms with Crippen molar-refractivity contribution in [1.29, 1.82) is 0 Å². The third-order valence-electron chi connectivity index (χ3n) is 3.34. The summed E-state index contributed by atoms with van der Waals surface area (Å²) in [6, 6.07) is 16.5. The Kier molecular flexibility index (Phi) is 2.60. The molecule has 0 atom stereocenters. The van der Waals surface area contributed by atoms with Crippen LogP contribution in [0, 0.1) is 6.92 Å². The fourth-order valence-electron chi connectivity index (χ4n) is 2.37. The van der Waals surface area contributed by atoms with Crippen molar-refractivity contribution in [2.45, 2.75) is 6.92 Å². The van der Waals surface area contributed by atoms with Crippen LogP contribution in [0.25, 0.3) is 10.9 Å². The van der Waals surface area contributed by atoms with Gasteiger partial charge in [0.05, 0.1) is 16.8 Å². The van der Waals surface area contributed by atoms with Gasteiger partial charge in [0.25, 0.3) is 0 Å². The second kappa shape index (κ2) is 4.28. The molecule has 0 radical (unpaired) electrons. The Morgan fingerprint density at radius 2 is 1.63 bits per heavy atom. The maximum Gasteiger partial charge on any atom is 0.195 e. The zero-order chi connectivity index (χ0) is 13.4. The summed E-state index contributed by atoms with van der Waals surface area (Å²) in [5.41, 5.74) is 2.40. The molecule has 0 saturated carbocycles. The van der Waals surface area contributed by atoms with Gasteiger partial charge in [0.1, 0.15) is 0 Å². The molecule has 0 amide bonds. The van der Waals surface area contributed by atoms with E-state index >= 15 is 0 Å². The lowest BCUT2D eigenvalue weighted by Crippen LogP contribution is -2.03. The highest BCUT2D eigenvalue weighted by molar-refractivity contribution is 6.17. The van der Waals surface area contributed by atoms with Gasteiger partial charge in [-0.1, -0.05) is 48.5 Å². The standard InChI is InChI=1S/C16H13NO2/c1-11-15(16(18)12-7-3-2-4-8-12)13-9-5-6-10-14(13)17(11)19/h2-10,19H,1H3. The smallest absolute Gasteiger partial charge is 0.195 e. The fourth-order valence-corrected chi connectivity index (χ4v) is 2.37. The maximum atomic E-state index is 12.6. The Morgan fingerprint density at radius 3 is 2.37 bits per heavy atom. The molecule has 3 rings (SSSR count). The number of rotatable bonds is 2. The van der Waals surface area contributed by atoms with Crippen molar-refractivity contribution in [3.05, 3.63) is 71.4 Å². The van der Waals surface area contributed by atoms with E-state index in [1.54, 1.807) is 25.1 Å². The van der Waals surface area contributed by atoms with Crippen LogP contribution in [0.15, 0.2) is 54.6 Å². The highest BCUT2D eigenvalue weighted by Gasteiger charge is 2.20. The molecule has 0 fully saturated rings. The molecule has 94 valence electrons. The summed E-state index contributed by atoms with van der Waals surface area (Å²) in [4.78, 5) is 12.6. The van der Waals surface area contributed by atoms with Gasteiger partial charge in [-0.15, -0.1) is 0 Å². The average Bonchev–Trinajstić information content (AvgIpc) is 2.72. The Hall–Kier alpha value is -2.55. The first-order valence-corrected chi connectivity index (χ1v) is 6.09. The molecule has 0 aliphatic carbocycles. The van der Waals surface area contributed by atoms with E-state index in [1.165, 1.54) is 0 Å². The Bertz CT molecular complexity index is 757. The van der Waals surface area contributed by atoms with E-state index in [2.05, 4.69) is 0 Å². The van der Waals surface area contributed by atoms with Gasteiger partial charge in [-0.2, -0.15) is 4.73 Å². The summed E-state index contributed by atoms with van der Waals surface area (Å²) in [6.07, 6.45) is 0. The largest absolute Gasteiger partial charge is 0.428 e. The molecule has 0 aliphatic heterocycles. The van der Waals surface area contributed by atoms with E-state index in [1.807, 2.05) is 36.4 Å². The summed E-state index contributed by atoms with van der Waals surface area (Å²) < 4.78 is 1.07. The maximum absolute atomic E-state index is 12.6. The lowest BCUT2D eigenvalue weighted by molar-refractivity contribution is 0.103. The second-order valence-electron chi connectivity index (χ2n) is 4.48. The Balaban J connectivity index is 2.26. The molecule has 0 saturated heterocycles. The van der Waals surface area contributed by atoms with Gasteiger partial charge < -0.3 is 5.21 Å². The minimum absolute atomic E-state index is 0.0675. The van der Waals surface area contributed by atoms with Gasteiger partial charge in [-0.25, -0.2) is 0 Å². The summed E-state index contributed by atoms with van der Waals surface area (Å²) in [7, 11) is 0. The number of fused-ring (bicyclic) bond motifs is 1. The third kappa shape index (κ3) is 1.71. The molecule has 0 bridgehead atoms. The van der Waals surface area contributed by atoms with E-state index in [4.69, 9.17) is 0 Å². The van der Waals surface area contributed by atoms with Crippen molar-refractivity contribution in [2.75, 3.05) is 0 Å². The average molecular weight is 251 g/mol. The summed E-state index contributed by atoms with van der Waals surface area (Å²) in [5.74, 6) is -0.0675. The number of hydrogen-bond donors (Lipinski definition) is 1. The van der Waals surface area contributed by atoms with Gasteiger partial charge in [0.15, 0.2) is 5.78 Å². The summed E-state index contributed by atoms with van der Waals surface area (Å²) in [5, 5.41) is 10.8. The van der Waals surface area contributed by atoms with Gasteiger partial charge in [0.2, 0.25) is 0 Å². The Morgan fingerprint density at radius 1 is 1.00 bits per heavy atom. The molecule has 3 heteroatoms. The predicted molar refractivity (Wildman–Crippen MR) is 73.7 cm³/mol. The highest BCUT2D eigenvalue weighted by Crippen LogP contribution is 2.26. The molecule has 19 heavy (non-hydrogen) atoms. The SMILES string of the molecule is Cc1c(C(=O)c2ccccc2)c2ccccc2n1O. The monoisotopic (exact) mass is 251 g/mol. The molecule has 3 nitrogen and oxygen atoms in total. The van der Waals surface area contributed by atoms with Crippen molar-refractivity contribution < 1.29 is 10.0 Å². The molecule has 1 N–H and O–H groups in total. The van der Waals surface area contributed by atoms with Gasteiger partial charge in [-0.3, -0.25) is 4.79 Å². The topological polar surface area (TPSA) is 42.2 Å². The lowest BCUT2D eigenvalue weighted by atomic mass is 10.0. The molecular formula is C16H13NO2. The molecule has 2 aromatic carbocycles. The first kappa shape index (κ1) is 11.5. The minimum Gasteiger partial charge on any atom is -0.428 e. The molecule has 0 unspecified atom stereocenters. The third-order valence-corrected chi connectivity index (χ3v) is 3.34. The molecule has 0 aliphatic rings. The van der Waals surface area contributed by atoms with Crippen molar-refractivity contribution in [2.24, 2.45) is 0 Å². The number of aromatic nitrogens is 1. The van der Waals surface area contributed by atoms with E-state index in [9.17, 15) is 10.0 Å². The Labute approximate surface area is 110 Å². The number of benzene rings is 2. The van der Waals surface area contributed by atoms with Gasteiger partial charge in [0, 0.05) is 10.9 Å². The number of carbonyl (C=O) groups excluding carboxylic acids is 1. The van der Waals surface area contributed by atoms with Crippen LogP contribution >= 0.6 is 0 Å². The molecule has 1 aromatic heterocycles. The highest BCUT2D eigenvalue weighted by atomic mass is 16.5. The molecular weight excluding hydrogens is 238 g/mol. The van der Waals surface area contributed by atoms with Crippen LogP contribution < -0.4 is 0 Å². The number of carbonyl (C=O) groups is 1. The van der Waals surface area contributed by atoms with Crippen molar-refractivity contribution >= 4 is 16.7 Å². The van der Waals surface area contributed by atoms with Crippen molar-refractivity contribution in [3.63, 3.8) is 0 Å². The first-order valence-electron chi connectivity index (χ1n) is 6.09. The number of para-hydroxylation sites is 1. The zero-order valence-corrected chi connectivity index (χ0v) is 10.5. The normalized spacial score (nSPS) is 10.8. The van der Waals surface area contributed by atoms with Gasteiger partial charge in [-0.05, 0) is 13.0 Å². The van der Waals surface area contributed by atoms with Crippen LogP contribution in [0.3, 0.4) is 0 Å². The van der Waals surface area contributed by atoms with Crippen LogP contribution in [0.5, 0.6) is 0 Å². The molecule has 1 heterocycles. The van der Waals surface area contributed by atoms with Crippen LogP contribution in [-0.4, -0.2) is 15.7 Å². The number of ketones is 1. The summed E-state index contributed by atoms with van der Waals surface area (Å²) >= 11 is 0. The van der Waals surface area contributed by atoms with Crippen molar-refractivity contribution in [3.8, 4) is 0 Å². The molecule has 3 aromatic rings. The van der Waals surface area contributed by atoms with E-state index in [-0.39, 0.29) is 5.78 Å². The number of hydrogen-bond acceptors (Lipinski definition) is 2. The zero-order valence-electron chi connectivity index (χ0n) is 10.5. The van der Waals surface area contributed by atoms with E-state index < -0.39 is 0 Å². The quantitative estimate of drug-likeness (QED) is 0.560. The van der Waals surface area contributed by atoms with Crippen LogP contribution in [-0.2, 0) is 0 Å².